The average molecular weight is 115 g/mol. The van der Waals surface area contributed by atoms with E-state index in [2.05, 4.69) is 0 Å². The highest BCUT2D eigenvalue weighted by Gasteiger charge is 2.71. The molecule has 0 amide bonds. The van der Waals surface area contributed by atoms with E-state index in [1.807, 2.05) is 0 Å². The molecule has 3 N–H and O–H groups in total. The van der Waals surface area contributed by atoms with Gasteiger partial charge in [0.1, 0.15) is 13.1 Å². The molecule has 0 aromatic heterocycles. The number of fused-ring (bicyclic) bond motifs is 1. The maximum absolute atomic E-state index is 9.30. The molecule has 1 saturated heterocycles. The van der Waals surface area contributed by atoms with E-state index >= 15 is 0 Å². The van der Waals surface area contributed by atoms with Crippen molar-refractivity contribution in [3.8, 4) is 0 Å². The van der Waals surface area contributed by atoms with Crippen LogP contribution in [0.3, 0.4) is 0 Å². The molecule has 46 valence electrons. The third kappa shape index (κ3) is 0.292. The van der Waals surface area contributed by atoms with Crippen LogP contribution in [0.5, 0.6) is 0 Å². The highest BCUT2D eigenvalue weighted by atomic mass is 16.6. The summed E-state index contributed by atoms with van der Waals surface area (Å²) >= 11 is 0. The molecule has 0 aromatic carbocycles. The van der Waals surface area contributed by atoms with Gasteiger partial charge in [0, 0.05) is 6.42 Å². The fraction of sp³-hybridized carbons (Fsp3) is 1.00. The smallest absolute Gasteiger partial charge is 0.179 e. The van der Waals surface area contributed by atoms with Crippen LogP contribution < -0.4 is 5.73 Å². The van der Waals surface area contributed by atoms with Gasteiger partial charge in [-0.1, -0.05) is 0 Å². The summed E-state index contributed by atoms with van der Waals surface area (Å²) in [6.07, 6.45) is 1.15. The van der Waals surface area contributed by atoms with Gasteiger partial charge in [0.15, 0.2) is 6.17 Å². The van der Waals surface area contributed by atoms with Crippen LogP contribution in [0, 0.1) is 5.92 Å². The van der Waals surface area contributed by atoms with E-state index in [0.29, 0.717) is 12.0 Å². The van der Waals surface area contributed by atoms with Gasteiger partial charge in [0.05, 0.1) is 5.92 Å². The zero-order valence-corrected chi connectivity index (χ0v) is 4.91. The maximum Gasteiger partial charge on any atom is 0.179 e. The van der Waals surface area contributed by atoms with Gasteiger partial charge in [-0.3, -0.25) is 5.73 Å². The lowest BCUT2D eigenvalue weighted by Crippen LogP contribution is -2.65. The molecular formula is C5H11N2O+. The number of rotatable bonds is 0. The predicted octanol–water partition coefficient (Wildman–Crippen LogP) is -0.491. The van der Waals surface area contributed by atoms with Crippen molar-refractivity contribution >= 4 is 0 Å². The summed E-state index contributed by atoms with van der Waals surface area (Å²) in [4.78, 5) is 0. The van der Waals surface area contributed by atoms with Gasteiger partial charge in [0.25, 0.3) is 0 Å². The van der Waals surface area contributed by atoms with E-state index in [9.17, 15) is 5.21 Å². The number of likely N-dealkylation sites (tertiary alicyclic amines) is 1. The molecule has 1 heterocycles. The Morgan fingerprint density at radius 2 is 2.38 bits per heavy atom. The topological polar surface area (TPSA) is 46.2 Å². The van der Waals surface area contributed by atoms with Gasteiger partial charge in [-0.25, -0.2) is 5.21 Å². The molecule has 3 heteroatoms. The van der Waals surface area contributed by atoms with Crippen molar-refractivity contribution in [2.45, 2.75) is 18.6 Å². The van der Waals surface area contributed by atoms with E-state index in [1.54, 1.807) is 7.05 Å². The first-order chi connectivity index (χ1) is 3.64. The van der Waals surface area contributed by atoms with Crippen molar-refractivity contribution in [1.29, 1.82) is 0 Å². The Balaban J connectivity index is 2.18. The molecule has 2 fully saturated rings. The number of nitrogens with zero attached hydrogens (tertiary/aromatic N) is 1. The second kappa shape index (κ2) is 0.943. The first-order valence-electron chi connectivity index (χ1n) is 2.98. The fourth-order valence-electron chi connectivity index (χ4n) is 1.68. The second-order valence-electron chi connectivity index (χ2n) is 3.05. The van der Waals surface area contributed by atoms with Crippen LogP contribution in [0.15, 0.2) is 0 Å². The molecule has 0 aromatic rings. The predicted molar refractivity (Wildman–Crippen MR) is 27.8 cm³/mol. The average Bonchev–Trinajstić information content (AvgIpc) is 2.40. The summed E-state index contributed by atoms with van der Waals surface area (Å²) in [6.45, 7) is 0. The second-order valence-corrected chi connectivity index (χ2v) is 3.05. The molecule has 4 atom stereocenters. The summed E-state index contributed by atoms with van der Waals surface area (Å²) in [5, 5.41) is 9.30. The normalized spacial score (nSPS) is 68.6. The summed E-state index contributed by atoms with van der Waals surface area (Å²) < 4.78 is 0.0741. The van der Waals surface area contributed by atoms with Crippen molar-refractivity contribution in [1.82, 2.24) is 0 Å². The molecule has 0 radical (unpaired) electrons. The molecule has 3 nitrogen and oxygen atoms in total. The van der Waals surface area contributed by atoms with E-state index in [-0.39, 0.29) is 10.8 Å². The monoisotopic (exact) mass is 115 g/mol. The molecule has 0 spiro atoms. The quantitative estimate of drug-likeness (QED) is 0.418. The Morgan fingerprint density at radius 1 is 1.75 bits per heavy atom. The zero-order chi connectivity index (χ0) is 5.94. The first kappa shape index (κ1) is 4.73. The van der Waals surface area contributed by atoms with Crippen molar-refractivity contribution in [3.63, 3.8) is 0 Å². The number of nitrogens with two attached hydrogens (primary N) is 1. The minimum absolute atomic E-state index is 0.0139. The van der Waals surface area contributed by atoms with Gasteiger partial charge in [-0.2, -0.15) is 4.65 Å². The van der Waals surface area contributed by atoms with Crippen LogP contribution in [-0.2, 0) is 0 Å². The van der Waals surface area contributed by atoms with Crippen LogP contribution in [0.1, 0.15) is 6.42 Å². The Hall–Kier alpha value is -0.120. The lowest BCUT2D eigenvalue weighted by molar-refractivity contribution is -1.14. The van der Waals surface area contributed by atoms with E-state index in [0.717, 1.165) is 6.42 Å². The van der Waals surface area contributed by atoms with Crippen LogP contribution in [0.25, 0.3) is 0 Å². The maximum atomic E-state index is 9.30. The molecule has 1 aliphatic heterocycles. The number of quaternary nitrogens is 1. The highest BCUT2D eigenvalue weighted by Crippen LogP contribution is 2.52. The van der Waals surface area contributed by atoms with Crippen molar-refractivity contribution in [2.75, 3.05) is 7.05 Å². The van der Waals surface area contributed by atoms with E-state index in [1.165, 1.54) is 0 Å². The fourth-order valence-corrected chi connectivity index (χ4v) is 1.68. The van der Waals surface area contributed by atoms with E-state index in [4.69, 9.17) is 5.73 Å². The van der Waals surface area contributed by atoms with E-state index < -0.39 is 0 Å². The minimum atomic E-state index is 0.0139. The standard InChI is InChI=1S/C5H11N2O/c1-7(8)4-2-3(4)5(7)6/h3-5,8H,2,6H2,1H3/q+1. The first-order valence-corrected chi connectivity index (χ1v) is 2.98. The Kier molecular flexibility index (Phi) is 0.558. The Morgan fingerprint density at radius 3 is 2.50 bits per heavy atom. The largest absolute Gasteiger partial charge is 0.279 e. The third-order valence-electron chi connectivity index (χ3n) is 2.52. The van der Waals surface area contributed by atoms with Crippen LogP contribution in [-0.4, -0.2) is 29.1 Å². The van der Waals surface area contributed by atoms with Crippen molar-refractivity contribution < 1.29 is 9.85 Å². The molecule has 2 aliphatic rings. The summed E-state index contributed by atoms with van der Waals surface area (Å²) in [5.41, 5.74) is 5.56. The van der Waals surface area contributed by atoms with Gasteiger partial charge in [-0.05, 0) is 0 Å². The minimum Gasteiger partial charge on any atom is -0.279 e. The lowest BCUT2D eigenvalue weighted by Gasteiger charge is -2.39. The Labute approximate surface area is 48.2 Å². The molecule has 4 unspecified atom stereocenters. The number of hydrogen-bond donors (Lipinski definition) is 2. The Bertz CT molecular complexity index is 134. The van der Waals surface area contributed by atoms with Crippen molar-refractivity contribution in [3.05, 3.63) is 0 Å². The van der Waals surface area contributed by atoms with Crippen LogP contribution >= 0.6 is 0 Å². The third-order valence-corrected chi connectivity index (χ3v) is 2.52. The van der Waals surface area contributed by atoms with Crippen LogP contribution in [0.2, 0.25) is 0 Å². The highest BCUT2D eigenvalue weighted by molar-refractivity contribution is 4.99. The molecule has 1 aliphatic carbocycles. The van der Waals surface area contributed by atoms with Gasteiger partial charge in [-0.15, -0.1) is 0 Å². The lowest BCUT2D eigenvalue weighted by atomic mass is 10.2. The molecule has 8 heavy (non-hydrogen) atoms. The molecule has 2 rings (SSSR count). The van der Waals surface area contributed by atoms with Crippen molar-refractivity contribution in [2.24, 2.45) is 11.7 Å². The number of hydroxylamine groups is 3. The SMILES string of the molecule is C[N+]1(O)C(N)C2CC21. The van der Waals surface area contributed by atoms with Gasteiger partial charge < -0.3 is 0 Å². The zero-order valence-electron chi connectivity index (χ0n) is 4.91. The molecule has 0 bridgehead atoms. The summed E-state index contributed by atoms with van der Waals surface area (Å²) in [5.74, 6) is 0.644. The van der Waals surface area contributed by atoms with Gasteiger partial charge in [0.2, 0.25) is 0 Å². The van der Waals surface area contributed by atoms with Crippen LogP contribution in [0.4, 0.5) is 0 Å². The van der Waals surface area contributed by atoms with Gasteiger partial charge >= 0.3 is 0 Å². The summed E-state index contributed by atoms with van der Waals surface area (Å²) in [6, 6.07) is 0.491. The summed E-state index contributed by atoms with van der Waals surface area (Å²) in [7, 11) is 1.78. The molecule has 1 saturated carbocycles. The number of hydrogen-bond acceptors (Lipinski definition) is 2. The molecular weight excluding hydrogens is 104 g/mol.